The summed E-state index contributed by atoms with van der Waals surface area (Å²) in [6.45, 7) is 3.06. The van der Waals surface area contributed by atoms with Gasteiger partial charge in [0.1, 0.15) is 0 Å². The van der Waals surface area contributed by atoms with Crippen molar-refractivity contribution in [2.75, 3.05) is 5.32 Å². The molecule has 200 valence electrons. The maximum atomic E-state index is 13.1. The van der Waals surface area contributed by atoms with Gasteiger partial charge >= 0.3 is 0 Å². The minimum atomic E-state index is -0.261. The van der Waals surface area contributed by atoms with E-state index in [1.54, 1.807) is 18.2 Å². The van der Waals surface area contributed by atoms with Gasteiger partial charge in [0.15, 0.2) is 16.8 Å². The molecule has 0 bridgehead atoms. The Labute approximate surface area is 229 Å². The number of nitrogens with zero attached hydrogens (tertiary/aromatic N) is 4. The van der Waals surface area contributed by atoms with E-state index in [2.05, 4.69) is 80.0 Å². The van der Waals surface area contributed by atoms with Crippen LogP contribution in [0.5, 0.6) is 0 Å². The molecule has 0 unspecified atom stereocenters. The number of anilines is 1. The molecule has 3 aromatic heterocycles. The number of rotatable bonds is 9. The van der Waals surface area contributed by atoms with Crippen molar-refractivity contribution in [3.8, 4) is 11.6 Å². The minimum Gasteiger partial charge on any atom is -0.450 e. The van der Waals surface area contributed by atoms with Crippen LogP contribution in [0.4, 0.5) is 5.69 Å². The van der Waals surface area contributed by atoms with E-state index in [1.807, 2.05) is 12.1 Å². The Bertz CT molecular complexity index is 1860. The van der Waals surface area contributed by atoms with Gasteiger partial charge in [0.2, 0.25) is 11.7 Å². The van der Waals surface area contributed by atoms with Crippen LogP contribution in [0.25, 0.3) is 33.5 Å². The zero-order chi connectivity index (χ0) is 27.5. The van der Waals surface area contributed by atoms with Gasteiger partial charge in [-0.05, 0) is 72.4 Å². The first-order valence-electron chi connectivity index (χ1n) is 13.3. The molecule has 9 heteroatoms. The first-order valence-corrected chi connectivity index (χ1v) is 13.3. The molecule has 6 aromatic rings. The standard InChI is InChI=1S/C31H28N6O3/c1-20-19-37(15-6-5-10-21-8-3-2-4-9-21)26-14-13-22(16-24(20)26)17-29(39)32-25-12-7-11-23-27(38)18-28(40-30(23)25)31-33-35-36-34-31/h2-4,7-9,11-14,16,18-19H,5-6,10,15,17H2,1H3,(H,32,39)(H,33,34,35,36). The molecule has 3 aromatic carbocycles. The fraction of sp³-hybridized carbons (Fsp3) is 0.194. The number of carbonyl (C=O) groups excluding carboxylic acids is 1. The van der Waals surface area contributed by atoms with Crippen molar-refractivity contribution in [3.05, 3.63) is 106 Å². The van der Waals surface area contributed by atoms with Crippen LogP contribution >= 0.6 is 0 Å². The molecular formula is C31H28N6O3. The van der Waals surface area contributed by atoms with Crippen molar-refractivity contribution in [2.24, 2.45) is 0 Å². The second-order valence-corrected chi connectivity index (χ2v) is 9.92. The summed E-state index contributed by atoms with van der Waals surface area (Å²) < 4.78 is 8.21. The molecular weight excluding hydrogens is 504 g/mol. The van der Waals surface area contributed by atoms with Crippen molar-refractivity contribution in [1.29, 1.82) is 0 Å². The highest BCUT2D eigenvalue weighted by Gasteiger charge is 2.15. The second kappa shape index (κ2) is 11.0. The van der Waals surface area contributed by atoms with E-state index in [9.17, 15) is 9.59 Å². The predicted molar refractivity (Wildman–Crippen MR) is 154 cm³/mol. The molecule has 0 radical (unpaired) electrons. The van der Waals surface area contributed by atoms with Crippen LogP contribution in [0.1, 0.15) is 29.5 Å². The van der Waals surface area contributed by atoms with Gasteiger partial charge in [0.25, 0.3) is 0 Å². The van der Waals surface area contributed by atoms with Gasteiger partial charge in [-0.25, -0.2) is 0 Å². The highest BCUT2D eigenvalue weighted by Crippen LogP contribution is 2.26. The van der Waals surface area contributed by atoms with Crippen molar-refractivity contribution in [2.45, 2.75) is 39.2 Å². The van der Waals surface area contributed by atoms with Gasteiger partial charge in [-0.1, -0.05) is 42.5 Å². The van der Waals surface area contributed by atoms with E-state index < -0.39 is 0 Å². The summed E-state index contributed by atoms with van der Waals surface area (Å²) in [5, 5.41) is 18.0. The summed E-state index contributed by atoms with van der Waals surface area (Å²) in [6, 6.07) is 23.1. The van der Waals surface area contributed by atoms with Crippen LogP contribution in [-0.4, -0.2) is 31.1 Å². The summed E-state index contributed by atoms with van der Waals surface area (Å²) in [6.07, 6.45) is 5.68. The highest BCUT2D eigenvalue weighted by atomic mass is 16.3. The number of hydrogen-bond acceptors (Lipinski definition) is 6. The Morgan fingerprint density at radius 2 is 1.85 bits per heavy atom. The normalized spacial score (nSPS) is 11.3. The summed E-state index contributed by atoms with van der Waals surface area (Å²) in [7, 11) is 0. The number of fused-ring (bicyclic) bond motifs is 2. The number of nitrogens with one attached hydrogen (secondary N) is 2. The van der Waals surface area contributed by atoms with E-state index in [1.165, 1.54) is 22.7 Å². The number of amides is 1. The van der Waals surface area contributed by atoms with Gasteiger partial charge in [-0.15, -0.1) is 10.2 Å². The van der Waals surface area contributed by atoms with Crippen LogP contribution < -0.4 is 10.7 Å². The molecule has 9 nitrogen and oxygen atoms in total. The van der Waals surface area contributed by atoms with Crippen LogP contribution in [0, 0.1) is 6.92 Å². The van der Waals surface area contributed by atoms with Gasteiger partial charge in [0.05, 0.1) is 17.5 Å². The molecule has 40 heavy (non-hydrogen) atoms. The number of para-hydroxylation sites is 1. The molecule has 0 aliphatic carbocycles. The van der Waals surface area contributed by atoms with E-state index in [4.69, 9.17) is 4.42 Å². The summed E-state index contributed by atoms with van der Waals surface area (Å²) >= 11 is 0. The lowest BCUT2D eigenvalue weighted by Crippen LogP contribution is -2.15. The first kappa shape index (κ1) is 25.2. The van der Waals surface area contributed by atoms with Crippen LogP contribution in [-0.2, 0) is 24.2 Å². The summed E-state index contributed by atoms with van der Waals surface area (Å²) in [4.78, 5) is 25.7. The van der Waals surface area contributed by atoms with Gasteiger partial charge in [0, 0.05) is 29.7 Å². The van der Waals surface area contributed by atoms with Crippen molar-refractivity contribution in [3.63, 3.8) is 0 Å². The second-order valence-electron chi connectivity index (χ2n) is 9.92. The molecule has 6 rings (SSSR count). The first-order chi connectivity index (χ1) is 19.5. The fourth-order valence-electron chi connectivity index (χ4n) is 5.11. The monoisotopic (exact) mass is 532 g/mol. The van der Waals surface area contributed by atoms with Gasteiger partial charge < -0.3 is 14.3 Å². The van der Waals surface area contributed by atoms with Crippen LogP contribution in [0.2, 0.25) is 0 Å². The van der Waals surface area contributed by atoms with Crippen molar-refractivity contribution < 1.29 is 9.21 Å². The van der Waals surface area contributed by atoms with E-state index in [0.717, 1.165) is 36.8 Å². The predicted octanol–water partition coefficient (Wildman–Crippen LogP) is 5.44. The average molecular weight is 533 g/mol. The van der Waals surface area contributed by atoms with E-state index in [0.29, 0.717) is 11.1 Å². The summed E-state index contributed by atoms with van der Waals surface area (Å²) in [5.41, 5.74) is 5.04. The molecule has 1 amide bonds. The molecule has 2 N–H and O–H groups in total. The molecule has 0 saturated carbocycles. The third-order valence-corrected chi connectivity index (χ3v) is 7.06. The number of aromatic nitrogens is 5. The van der Waals surface area contributed by atoms with Crippen LogP contribution in [0.3, 0.4) is 0 Å². The quantitative estimate of drug-likeness (QED) is 0.239. The number of carbonyl (C=O) groups is 1. The number of benzene rings is 3. The van der Waals surface area contributed by atoms with Crippen molar-refractivity contribution in [1.82, 2.24) is 25.2 Å². The average Bonchev–Trinajstić information content (AvgIpc) is 3.61. The lowest BCUT2D eigenvalue weighted by atomic mass is 10.1. The zero-order valence-corrected chi connectivity index (χ0v) is 22.1. The Balaban J connectivity index is 1.16. The zero-order valence-electron chi connectivity index (χ0n) is 22.1. The topological polar surface area (TPSA) is 119 Å². The molecule has 0 spiro atoms. The highest BCUT2D eigenvalue weighted by molar-refractivity contribution is 6.00. The number of aryl methyl sites for hydroxylation is 3. The Morgan fingerprint density at radius 3 is 2.67 bits per heavy atom. The number of aromatic amines is 1. The maximum Gasteiger partial charge on any atom is 0.239 e. The molecule has 0 fully saturated rings. The molecule has 0 aliphatic heterocycles. The Morgan fingerprint density at radius 1 is 0.975 bits per heavy atom. The van der Waals surface area contributed by atoms with E-state index >= 15 is 0 Å². The summed E-state index contributed by atoms with van der Waals surface area (Å²) in [5.74, 6) is 0.114. The molecule has 0 atom stereocenters. The number of H-pyrrole nitrogens is 1. The molecule has 0 saturated heterocycles. The number of hydrogen-bond donors (Lipinski definition) is 2. The Kier molecular flexibility index (Phi) is 6.93. The van der Waals surface area contributed by atoms with Gasteiger partial charge in [-0.3, -0.25) is 9.59 Å². The largest absolute Gasteiger partial charge is 0.450 e. The number of unbranched alkanes of at least 4 members (excludes halogenated alkanes) is 1. The maximum absolute atomic E-state index is 13.1. The number of tetrazole rings is 1. The molecule has 3 heterocycles. The lowest BCUT2D eigenvalue weighted by molar-refractivity contribution is -0.115. The SMILES string of the molecule is Cc1cn(CCCCc2ccccc2)c2ccc(CC(=O)Nc3cccc4c(=O)cc(-c5nn[nH]n5)oc34)cc12. The fourth-order valence-corrected chi connectivity index (χ4v) is 5.11. The molecule has 0 aliphatic rings. The van der Waals surface area contributed by atoms with Crippen LogP contribution in [0.15, 0.2) is 88.2 Å². The third-order valence-electron chi connectivity index (χ3n) is 7.06. The third kappa shape index (κ3) is 5.26. The van der Waals surface area contributed by atoms with Crippen molar-refractivity contribution >= 4 is 33.5 Å². The van der Waals surface area contributed by atoms with E-state index in [-0.39, 0.29) is 34.9 Å². The Hall–Kier alpha value is -5.05. The minimum absolute atomic E-state index is 0.159. The lowest BCUT2D eigenvalue weighted by Gasteiger charge is -2.09. The van der Waals surface area contributed by atoms with Gasteiger partial charge in [-0.2, -0.15) is 5.21 Å². The smallest absolute Gasteiger partial charge is 0.239 e.